The third-order valence-electron chi connectivity index (χ3n) is 4.22. The zero-order valence-corrected chi connectivity index (χ0v) is 15.1. The molecule has 3 rings (SSSR count). The maximum Gasteiger partial charge on any atom is 0.265 e. The van der Waals surface area contributed by atoms with Crippen LogP contribution in [0.3, 0.4) is 0 Å². The summed E-state index contributed by atoms with van der Waals surface area (Å²) in [4.78, 5) is 12.5. The summed E-state index contributed by atoms with van der Waals surface area (Å²) < 4.78 is 5.90. The molecule has 0 aliphatic carbocycles. The lowest BCUT2D eigenvalue weighted by Gasteiger charge is -2.17. The van der Waals surface area contributed by atoms with Crippen molar-refractivity contribution in [2.75, 3.05) is 5.32 Å². The van der Waals surface area contributed by atoms with Gasteiger partial charge >= 0.3 is 0 Å². The number of carbonyl (C=O) groups excluding carboxylic acids is 1. The van der Waals surface area contributed by atoms with Crippen molar-refractivity contribution in [3.05, 3.63) is 84.4 Å². The van der Waals surface area contributed by atoms with E-state index >= 15 is 0 Å². The van der Waals surface area contributed by atoms with Crippen molar-refractivity contribution >= 4 is 11.6 Å². The number of hydrogen-bond donors (Lipinski definition) is 1. The van der Waals surface area contributed by atoms with E-state index in [1.54, 1.807) is 0 Å². The Bertz CT molecular complexity index is 840. The van der Waals surface area contributed by atoms with E-state index in [1.807, 2.05) is 80.6 Å². The van der Waals surface area contributed by atoms with Crippen molar-refractivity contribution in [3.8, 4) is 16.9 Å². The fourth-order valence-corrected chi connectivity index (χ4v) is 2.70. The molecule has 3 nitrogen and oxygen atoms in total. The van der Waals surface area contributed by atoms with Crippen LogP contribution in [0.25, 0.3) is 11.1 Å². The summed E-state index contributed by atoms with van der Waals surface area (Å²) in [7, 11) is 0. The predicted molar refractivity (Wildman–Crippen MR) is 106 cm³/mol. The Balaban J connectivity index is 1.65. The first kappa shape index (κ1) is 17.7. The summed E-state index contributed by atoms with van der Waals surface area (Å²) in [5.41, 5.74) is 4.21. The topological polar surface area (TPSA) is 38.3 Å². The number of rotatable bonds is 6. The molecule has 0 heterocycles. The van der Waals surface area contributed by atoms with Crippen LogP contribution in [0.5, 0.6) is 5.75 Å². The van der Waals surface area contributed by atoms with Gasteiger partial charge in [-0.05, 0) is 48.7 Å². The van der Waals surface area contributed by atoms with Gasteiger partial charge in [0.15, 0.2) is 6.10 Å². The Morgan fingerprint density at radius 3 is 2.12 bits per heavy atom. The predicted octanol–water partition coefficient (Wildman–Crippen LogP) is 5.46. The number of amides is 1. The highest BCUT2D eigenvalue weighted by Crippen LogP contribution is 2.23. The van der Waals surface area contributed by atoms with Crippen molar-refractivity contribution in [2.24, 2.45) is 0 Å². The van der Waals surface area contributed by atoms with Gasteiger partial charge < -0.3 is 10.1 Å². The highest BCUT2D eigenvalue weighted by Gasteiger charge is 2.18. The largest absolute Gasteiger partial charge is 0.481 e. The van der Waals surface area contributed by atoms with Crippen LogP contribution < -0.4 is 10.1 Å². The molecule has 0 aliphatic heterocycles. The summed E-state index contributed by atoms with van der Waals surface area (Å²) in [5, 5.41) is 2.91. The number of aryl methyl sites for hydroxylation is 1. The molecule has 3 aromatic rings. The standard InChI is InChI=1S/C23H23NO2/c1-3-22(23(25)24-20-13-9-17(2)10-14-20)26-21-15-11-19(12-16-21)18-7-5-4-6-8-18/h4-16,22H,3H2,1-2H3,(H,24,25)/t22-/m1/s1. The van der Waals surface area contributed by atoms with Gasteiger partial charge in [-0.2, -0.15) is 0 Å². The van der Waals surface area contributed by atoms with Gasteiger partial charge in [-0.3, -0.25) is 4.79 Å². The first-order valence-corrected chi connectivity index (χ1v) is 8.85. The highest BCUT2D eigenvalue weighted by molar-refractivity contribution is 5.94. The molecule has 0 aliphatic rings. The van der Waals surface area contributed by atoms with Crippen LogP contribution in [0.4, 0.5) is 5.69 Å². The van der Waals surface area contributed by atoms with Crippen molar-refractivity contribution in [3.63, 3.8) is 0 Å². The molecular weight excluding hydrogens is 322 g/mol. The smallest absolute Gasteiger partial charge is 0.265 e. The number of carbonyl (C=O) groups is 1. The van der Waals surface area contributed by atoms with Gasteiger partial charge in [0, 0.05) is 5.69 Å². The molecule has 0 saturated carbocycles. The summed E-state index contributed by atoms with van der Waals surface area (Å²) >= 11 is 0. The summed E-state index contributed by atoms with van der Waals surface area (Å²) in [5.74, 6) is 0.555. The summed E-state index contributed by atoms with van der Waals surface area (Å²) in [6.45, 7) is 3.96. The Morgan fingerprint density at radius 1 is 0.885 bits per heavy atom. The zero-order valence-electron chi connectivity index (χ0n) is 15.1. The van der Waals surface area contributed by atoms with E-state index in [9.17, 15) is 4.79 Å². The van der Waals surface area contributed by atoms with Crippen LogP contribution in [-0.4, -0.2) is 12.0 Å². The second kappa shape index (κ2) is 8.34. The normalized spacial score (nSPS) is 11.6. The fraction of sp³-hybridized carbons (Fsp3) is 0.174. The minimum absolute atomic E-state index is 0.136. The van der Waals surface area contributed by atoms with Gasteiger partial charge in [-0.15, -0.1) is 0 Å². The zero-order chi connectivity index (χ0) is 18.4. The quantitative estimate of drug-likeness (QED) is 0.644. The molecular formula is C23H23NO2. The molecule has 3 aromatic carbocycles. The maximum absolute atomic E-state index is 12.5. The van der Waals surface area contributed by atoms with Gasteiger partial charge in [0.1, 0.15) is 5.75 Å². The van der Waals surface area contributed by atoms with Gasteiger partial charge in [0.25, 0.3) is 5.91 Å². The van der Waals surface area contributed by atoms with Gasteiger partial charge in [0.2, 0.25) is 0 Å². The molecule has 0 saturated heterocycles. The molecule has 0 radical (unpaired) electrons. The van der Waals surface area contributed by atoms with E-state index in [2.05, 4.69) is 17.4 Å². The molecule has 0 bridgehead atoms. The van der Waals surface area contributed by atoms with Crippen molar-refractivity contribution in [2.45, 2.75) is 26.4 Å². The van der Waals surface area contributed by atoms with E-state index in [0.29, 0.717) is 12.2 Å². The van der Waals surface area contributed by atoms with E-state index in [4.69, 9.17) is 4.74 Å². The molecule has 0 unspecified atom stereocenters. The van der Waals surface area contributed by atoms with E-state index in [0.717, 1.165) is 22.4 Å². The minimum atomic E-state index is -0.529. The number of anilines is 1. The molecule has 0 aromatic heterocycles. The molecule has 26 heavy (non-hydrogen) atoms. The first-order valence-electron chi connectivity index (χ1n) is 8.85. The van der Waals surface area contributed by atoms with Crippen LogP contribution in [0.2, 0.25) is 0 Å². The van der Waals surface area contributed by atoms with Crippen LogP contribution in [0, 0.1) is 6.92 Å². The van der Waals surface area contributed by atoms with Crippen molar-refractivity contribution in [1.29, 1.82) is 0 Å². The number of benzene rings is 3. The average Bonchev–Trinajstić information content (AvgIpc) is 2.69. The molecule has 1 amide bonds. The van der Waals surface area contributed by atoms with E-state index in [-0.39, 0.29) is 5.91 Å². The van der Waals surface area contributed by atoms with Crippen LogP contribution in [0.15, 0.2) is 78.9 Å². The Morgan fingerprint density at radius 2 is 1.50 bits per heavy atom. The van der Waals surface area contributed by atoms with Crippen LogP contribution >= 0.6 is 0 Å². The van der Waals surface area contributed by atoms with Gasteiger partial charge in [-0.25, -0.2) is 0 Å². The molecule has 0 fully saturated rings. The SMILES string of the molecule is CC[C@@H](Oc1ccc(-c2ccccc2)cc1)C(=O)Nc1ccc(C)cc1. The highest BCUT2D eigenvalue weighted by atomic mass is 16.5. The number of nitrogens with one attached hydrogen (secondary N) is 1. The maximum atomic E-state index is 12.5. The van der Waals surface area contributed by atoms with E-state index < -0.39 is 6.10 Å². The van der Waals surface area contributed by atoms with Crippen LogP contribution in [0.1, 0.15) is 18.9 Å². The summed E-state index contributed by atoms with van der Waals surface area (Å²) in [6.07, 6.45) is 0.0666. The Kier molecular flexibility index (Phi) is 5.69. The fourth-order valence-electron chi connectivity index (χ4n) is 2.70. The molecule has 132 valence electrons. The molecule has 0 spiro atoms. The minimum Gasteiger partial charge on any atom is -0.481 e. The first-order chi connectivity index (χ1) is 12.7. The lowest BCUT2D eigenvalue weighted by Crippen LogP contribution is -2.32. The third-order valence-corrected chi connectivity index (χ3v) is 4.22. The monoisotopic (exact) mass is 345 g/mol. The average molecular weight is 345 g/mol. The second-order valence-electron chi connectivity index (χ2n) is 6.26. The van der Waals surface area contributed by atoms with Gasteiger partial charge in [-0.1, -0.05) is 67.1 Å². The second-order valence-corrected chi connectivity index (χ2v) is 6.26. The van der Waals surface area contributed by atoms with Gasteiger partial charge in [0.05, 0.1) is 0 Å². The lowest BCUT2D eigenvalue weighted by atomic mass is 10.1. The molecule has 3 heteroatoms. The van der Waals surface area contributed by atoms with Crippen LogP contribution in [-0.2, 0) is 4.79 Å². The molecule has 1 atom stereocenters. The Labute approximate surface area is 154 Å². The van der Waals surface area contributed by atoms with Crippen molar-refractivity contribution < 1.29 is 9.53 Å². The van der Waals surface area contributed by atoms with E-state index in [1.165, 1.54) is 0 Å². The number of hydrogen-bond acceptors (Lipinski definition) is 2. The number of ether oxygens (including phenoxy) is 1. The van der Waals surface area contributed by atoms with Crippen molar-refractivity contribution in [1.82, 2.24) is 0 Å². The third kappa shape index (κ3) is 4.51. The lowest BCUT2D eigenvalue weighted by molar-refractivity contribution is -0.122. The Hall–Kier alpha value is -3.07. The molecule has 1 N–H and O–H groups in total. The summed E-state index contributed by atoms with van der Waals surface area (Å²) in [6, 6.07) is 25.7.